The Kier molecular flexibility index (Phi) is 4.22. The van der Waals surface area contributed by atoms with Crippen molar-refractivity contribution < 1.29 is 9.72 Å². The van der Waals surface area contributed by atoms with Gasteiger partial charge in [-0.2, -0.15) is 5.10 Å². The third kappa shape index (κ3) is 3.61. The Bertz CT molecular complexity index is 490. The lowest BCUT2D eigenvalue weighted by Gasteiger charge is -2.22. The summed E-state index contributed by atoms with van der Waals surface area (Å²) >= 11 is 0. The first-order valence-electron chi connectivity index (χ1n) is 6.24. The van der Waals surface area contributed by atoms with Crippen molar-refractivity contribution in [1.82, 2.24) is 5.01 Å². The number of ketones is 1. The van der Waals surface area contributed by atoms with Crippen LogP contribution in [0.25, 0.3) is 0 Å². The number of Topliss-reactive ketones (excluding diaryl/α,β-unsaturated/α-hetero) is 1. The fraction of sp³-hybridized carbons (Fsp3) is 0.385. The molecule has 0 saturated carbocycles. The van der Waals surface area contributed by atoms with Crippen molar-refractivity contribution in [2.24, 2.45) is 5.10 Å². The van der Waals surface area contributed by atoms with Gasteiger partial charge in [-0.3, -0.25) is 19.9 Å². The predicted octanol–water partition coefficient (Wildman–Crippen LogP) is 2.25. The van der Waals surface area contributed by atoms with Gasteiger partial charge in [-0.25, -0.2) is 0 Å². The molecule has 1 aliphatic heterocycles. The number of carbonyl (C=O) groups is 1. The quantitative estimate of drug-likeness (QED) is 0.360. The summed E-state index contributed by atoms with van der Waals surface area (Å²) in [6.45, 7) is 1.76. The maximum atomic E-state index is 11.8. The molecule has 0 bridgehead atoms. The molecule has 100 valence electrons. The van der Waals surface area contributed by atoms with Gasteiger partial charge < -0.3 is 0 Å². The zero-order chi connectivity index (χ0) is 13.7. The third-order valence-electron chi connectivity index (χ3n) is 3.03. The van der Waals surface area contributed by atoms with Gasteiger partial charge >= 0.3 is 0 Å². The lowest BCUT2D eigenvalue weighted by molar-refractivity contribution is -0.384. The summed E-state index contributed by atoms with van der Waals surface area (Å²) in [7, 11) is 0. The van der Waals surface area contributed by atoms with Gasteiger partial charge in [0.2, 0.25) is 5.78 Å². The zero-order valence-electron chi connectivity index (χ0n) is 10.5. The molecule has 6 heteroatoms. The van der Waals surface area contributed by atoms with Gasteiger partial charge in [0.25, 0.3) is 5.69 Å². The molecule has 0 N–H and O–H groups in total. The van der Waals surface area contributed by atoms with Crippen LogP contribution in [0.1, 0.15) is 29.6 Å². The molecule has 0 spiro atoms. The molecule has 0 amide bonds. The standard InChI is InChI=1S/C13H15N3O3/c17-13(10-14-15-8-2-1-3-9-15)11-4-6-12(7-5-11)16(18)19/h4-7,10H,1-3,8-9H2/b14-10+. The maximum Gasteiger partial charge on any atom is 0.269 e. The largest absolute Gasteiger partial charge is 0.297 e. The smallest absolute Gasteiger partial charge is 0.269 e. The minimum absolute atomic E-state index is 0.0236. The Morgan fingerprint density at radius 1 is 1.21 bits per heavy atom. The molecule has 0 unspecified atom stereocenters. The van der Waals surface area contributed by atoms with Crippen LogP contribution in [0.2, 0.25) is 0 Å². The number of carbonyl (C=O) groups excluding carboxylic acids is 1. The van der Waals surface area contributed by atoms with E-state index < -0.39 is 4.92 Å². The number of piperidine rings is 1. The van der Waals surface area contributed by atoms with Gasteiger partial charge in [-0.05, 0) is 31.4 Å². The summed E-state index contributed by atoms with van der Waals surface area (Å²) < 4.78 is 0. The van der Waals surface area contributed by atoms with Crippen LogP contribution in [-0.2, 0) is 0 Å². The SMILES string of the molecule is O=C(/C=N/N1CCCCC1)c1ccc([N+](=O)[O-])cc1. The van der Waals surface area contributed by atoms with Gasteiger partial charge in [-0.1, -0.05) is 0 Å². The second-order valence-electron chi connectivity index (χ2n) is 4.43. The number of non-ortho nitro benzene ring substituents is 1. The van der Waals surface area contributed by atoms with Crippen LogP contribution < -0.4 is 0 Å². The molecule has 19 heavy (non-hydrogen) atoms. The molecule has 0 radical (unpaired) electrons. The minimum Gasteiger partial charge on any atom is -0.297 e. The molecular formula is C13H15N3O3. The first kappa shape index (κ1) is 13.2. The lowest BCUT2D eigenvalue weighted by Crippen LogP contribution is -2.25. The molecule has 1 heterocycles. The molecule has 0 aliphatic carbocycles. The molecule has 1 saturated heterocycles. The van der Waals surface area contributed by atoms with Crippen molar-refractivity contribution in [2.75, 3.05) is 13.1 Å². The average molecular weight is 261 g/mol. The van der Waals surface area contributed by atoms with E-state index in [1.54, 1.807) is 0 Å². The van der Waals surface area contributed by atoms with Gasteiger partial charge in [0.15, 0.2) is 0 Å². The summed E-state index contributed by atoms with van der Waals surface area (Å²) in [6, 6.07) is 5.54. The number of hydrogen-bond acceptors (Lipinski definition) is 5. The van der Waals surface area contributed by atoms with E-state index in [9.17, 15) is 14.9 Å². The highest BCUT2D eigenvalue weighted by atomic mass is 16.6. The van der Waals surface area contributed by atoms with Crippen LogP contribution in [0.15, 0.2) is 29.4 Å². The molecule has 6 nitrogen and oxygen atoms in total. The van der Waals surface area contributed by atoms with Crippen LogP contribution in [-0.4, -0.2) is 35.0 Å². The van der Waals surface area contributed by atoms with Gasteiger partial charge in [0.05, 0.1) is 11.1 Å². The normalized spacial score (nSPS) is 15.7. The molecule has 1 aromatic carbocycles. The number of rotatable bonds is 4. The number of nitro groups is 1. The van der Waals surface area contributed by atoms with E-state index >= 15 is 0 Å². The molecule has 2 rings (SSSR count). The highest BCUT2D eigenvalue weighted by Gasteiger charge is 2.10. The van der Waals surface area contributed by atoms with E-state index in [0.29, 0.717) is 5.56 Å². The number of nitro benzene ring substituents is 1. The van der Waals surface area contributed by atoms with Crippen molar-refractivity contribution in [2.45, 2.75) is 19.3 Å². The molecular weight excluding hydrogens is 246 g/mol. The molecule has 0 atom stereocenters. The molecule has 1 fully saturated rings. The zero-order valence-corrected chi connectivity index (χ0v) is 10.5. The van der Waals surface area contributed by atoms with E-state index in [-0.39, 0.29) is 11.5 Å². The average Bonchev–Trinajstić information content (AvgIpc) is 2.46. The Labute approximate surface area is 110 Å². The van der Waals surface area contributed by atoms with Crippen LogP contribution in [0.5, 0.6) is 0 Å². The molecule has 1 aliphatic rings. The van der Waals surface area contributed by atoms with E-state index in [2.05, 4.69) is 5.10 Å². The fourth-order valence-corrected chi connectivity index (χ4v) is 1.95. The summed E-state index contributed by atoms with van der Waals surface area (Å²) in [5, 5.41) is 16.5. The molecule has 0 aromatic heterocycles. The number of benzene rings is 1. The summed E-state index contributed by atoms with van der Waals surface area (Å²) in [6.07, 6.45) is 4.70. The van der Waals surface area contributed by atoms with Crippen LogP contribution >= 0.6 is 0 Å². The van der Waals surface area contributed by atoms with Crippen molar-refractivity contribution in [1.29, 1.82) is 0 Å². The topological polar surface area (TPSA) is 75.8 Å². The number of hydrogen-bond donors (Lipinski definition) is 0. The molecule has 1 aromatic rings. The number of hydrazone groups is 1. The van der Waals surface area contributed by atoms with Gasteiger partial charge in [0, 0.05) is 30.8 Å². The second kappa shape index (κ2) is 6.08. The highest BCUT2D eigenvalue weighted by molar-refractivity contribution is 6.35. The Balaban J connectivity index is 1.98. The monoisotopic (exact) mass is 261 g/mol. The second-order valence-corrected chi connectivity index (χ2v) is 4.43. The minimum atomic E-state index is -0.490. The van der Waals surface area contributed by atoms with Crippen LogP contribution in [0.4, 0.5) is 5.69 Å². The van der Waals surface area contributed by atoms with Crippen LogP contribution in [0, 0.1) is 10.1 Å². The lowest BCUT2D eigenvalue weighted by atomic mass is 10.1. The maximum absolute atomic E-state index is 11.8. The van der Waals surface area contributed by atoms with Crippen molar-refractivity contribution in [3.63, 3.8) is 0 Å². The Morgan fingerprint density at radius 3 is 2.42 bits per heavy atom. The van der Waals surface area contributed by atoms with Crippen molar-refractivity contribution in [3.05, 3.63) is 39.9 Å². The summed E-state index contributed by atoms with van der Waals surface area (Å²) in [5.41, 5.74) is 0.385. The van der Waals surface area contributed by atoms with Gasteiger partial charge in [0.1, 0.15) is 0 Å². The van der Waals surface area contributed by atoms with E-state index in [1.807, 2.05) is 5.01 Å². The predicted molar refractivity (Wildman–Crippen MR) is 71.3 cm³/mol. The van der Waals surface area contributed by atoms with E-state index in [0.717, 1.165) is 25.9 Å². The summed E-state index contributed by atoms with van der Waals surface area (Å²) in [5.74, 6) is -0.236. The number of nitrogens with zero attached hydrogens (tertiary/aromatic N) is 3. The summed E-state index contributed by atoms with van der Waals surface area (Å²) in [4.78, 5) is 21.8. The Hall–Kier alpha value is -2.24. The van der Waals surface area contributed by atoms with Crippen molar-refractivity contribution >= 4 is 17.7 Å². The Morgan fingerprint density at radius 2 is 1.84 bits per heavy atom. The van der Waals surface area contributed by atoms with E-state index in [4.69, 9.17) is 0 Å². The van der Waals surface area contributed by atoms with Crippen LogP contribution in [0.3, 0.4) is 0 Å². The van der Waals surface area contributed by atoms with E-state index in [1.165, 1.54) is 36.9 Å². The fourth-order valence-electron chi connectivity index (χ4n) is 1.95. The first-order chi connectivity index (χ1) is 9.16. The first-order valence-corrected chi connectivity index (χ1v) is 6.24. The highest BCUT2D eigenvalue weighted by Crippen LogP contribution is 2.12. The third-order valence-corrected chi connectivity index (χ3v) is 3.03. The van der Waals surface area contributed by atoms with Gasteiger partial charge in [-0.15, -0.1) is 0 Å². The van der Waals surface area contributed by atoms with Crippen molar-refractivity contribution in [3.8, 4) is 0 Å².